The van der Waals surface area contributed by atoms with Crippen molar-refractivity contribution in [2.24, 2.45) is 5.73 Å². The summed E-state index contributed by atoms with van der Waals surface area (Å²) in [7, 11) is 0. The molecule has 1 aromatic carbocycles. The Morgan fingerprint density at radius 3 is 2.43 bits per heavy atom. The summed E-state index contributed by atoms with van der Waals surface area (Å²) in [6.07, 6.45) is 0. The van der Waals surface area contributed by atoms with E-state index in [0.717, 1.165) is 11.5 Å². The minimum Gasteiger partial charge on any atom is -0.492 e. The average Bonchev–Trinajstić information content (AvgIpc) is 3.36. The Morgan fingerprint density at radius 2 is 1.89 bits per heavy atom. The Bertz CT molecular complexity index is 1240. The molecule has 3 rings (SSSR count). The number of furan rings is 1. The second-order valence-corrected chi connectivity index (χ2v) is 9.58. The Morgan fingerprint density at radius 1 is 1.20 bits per heavy atom. The smallest absolute Gasteiger partial charge is 0.273 e. The fourth-order valence-electron chi connectivity index (χ4n) is 3.45. The highest BCUT2D eigenvalue weighted by Gasteiger charge is 2.40. The van der Waals surface area contributed by atoms with E-state index in [4.69, 9.17) is 20.6 Å². The van der Waals surface area contributed by atoms with E-state index in [-0.39, 0.29) is 22.0 Å². The van der Waals surface area contributed by atoms with Gasteiger partial charge in [-0.15, -0.1) is 0 Å². The molecule has 3 aromatic rings. The standard InChI is InChI=1S/C24H29N5O5S/c1-6-33-15-10-8-7-9-14(15)29(23(32)20-17(25)18(21(26)30)28-35-20)19(16-12-11-13(2)34-16)22(31)27-24(3,4)5/h7-12,19H,6,25H2,1-5H3,(H2,26,30)(H,27,31). The zero-order valence-electron chi connectivity index (χ0n) is 20.2. The lowest BCUT2D eigenvalue weighted by Gasteiger charge is -2.33. The van der Waals surface area contributed by atoms with Gasteiger partial charge < -0.3 is 25.9 Å². The molecule has 35 heavy (non-hydrogen) atoms. The SMILES string of the molecule is CCOc1ccccc1N(C(=O)c1snc(C(N)=O)c1N)C(C(=O)NC(C)(C)C)c1ccc(C)o1. The second kappa shape index (κ2) is 10.2. The molecule has 2 heterocycles. The highest BCUT2D eigenvalue weighted by atomic mass is 32.1. The molecule has 2 aromatic heterocycles. The lowest BCUT2D eigenvalue weighted by molar-refractivity contribution is -0.124. The maximum absolute atomic E-state index is 14.0. The van der Waals surface area contributed by atoms with Crippen LogP contribution in [0.3, 0.4) is 0 Å². The van der Waals surface area contributed by atoms with E-state index < -0.39 is 29.3 Å². The number of amides is 3. The lowest BCUT2D eigenvalue weighted by atomic mass is 10.0. The third-order valence-electron chi connectivity index (χ3n) is 4.83. The van der Waals surface area contributed by atoms with Gasteiger partial charge in [0.25, 0.3) is 17.7 Å². The summed E-state index contributed by atoms with van der Waals surface area (Å²) < 4.78 is 15.6. The van der Waals surface area contributed by atoms with Crippen molar-refractivity contribution in [3.8, 4) is 5.75 Å². The molecule has 0 radical (unpaired) electrons. The van der Waals surface area contributed by atoms with Crippen molar-refractivity contribution in [3.05, 3.63) is 58.5 Å². The van der Waals surface area contributed by atoms with Crippen molar-refractivity contribution in [1.29, 1.82) is 0 Å². The summed E-state index contributed by atoms with van der Waals surface area (Å²) in [5, 5.41) is 2.92. The molecule has 0 saturated heterocycles. The fraction of sp³-hybridized carbons (Fsp3) is 0.333. The van der Waals surface area contributed by atoms with Crippen molar-refractivity contribution in [1.82, 2.24) is 9.69 Å². The molecule has 186 valence electrons. The predicted octanol–water partition coefficient (Wildman–Crippen LogP) is 3.43. The first kappa shape index (κ1) is 25.8. The van der Waals surface area contributed by atoms with Crippen molar-refractivity contribution in [2.45, 2.75) is 46.2 Å². The average molecular weight is 500 g/mol. The molecule has 5 N–H and O–H groups in total. The third kappa shape index (κ3) is 5.62. The van der Waals surface area contributed by atoms with Gasteiger partial charge in [0.2, 0.25) is 0 Å². The van der Waals surface area contributed by atoms with Crippen LogP contribution < -0.4 is 26.4 Å². The number of primary amides is 1. The number of ether oxygens (including phenoxy) is 1. The number of hydrogen-bond donors (Lipinski definition) is 3. The Labute approximate surface area is 207 Å². The number of aryl methyl sites for hydroxylation is 1. The first-order valence-electron chi connectivity index (χ1n) is 10.9. The number of nitrogens with one attached hydrogen (secondary N) is 1. The van der Waals surface area contributed by atoms with Gasteiger partial charge in [0.1, 0.15) is 22.1 Å². The van der Waals surface area contributed by atoms with E-state index in [1.54, 1.807) is 43.3 Å². The molecule has 1 unspecified atom stereocenters. The molecule has 11 heteroatoms. The van der Waals surface area contributed by atoms with E-state index in [2.05, 4.69) is 9.69 Å². The molecular formula is C24H29N5O5S. The molecule has 0 saturated carbocycles. The number of aromatic nitrogens is 1. The number of anilines is 2. The molecule has 10 nitrogen and oxygen atoms in total. The van der Waals surface area contributed by atoms with Crippen LogP contribution in [-0.2, 0) is 4.79 Å². The van der Waals surface area contributed by atoms with Crippen LogP contribution in [0.1, 0.15) is 65.4 Å². The van der Waals surface area contributed by atoms with Crippen molar-refractivity contribution < 1.29 is 23.5 Å². The van der Waals surface area contributed by atoms with Gasteiger partial charge in [-0.05, 0) is 70.4 Å². The van der Waals surface area contributed by atoms with Gasteiger partial charge in [-0.25, -0.2) is 0 Å². The zero-order valence-corrected chi connectivity index (χ0v) is 21.1. The molecule has 0 bridgehead atoms. The second-order valence-electron chi connectivity index (χ2n) is 8.80. The highest BCUT2D eigenvalue weighted by molar-refractivity contribution is 7.09. The number of nitrogens with zero attached hydrogens (tertiary/aromatic N) is 2. The maximum Gasteiger partial charge on any atom is 0.273 e. The summed E-state index contributed by atoms with van der Waals surface area (Å²) in [5.41, 5.74) is 10.8. The number of para-hydroxylation sites is 2. The zero-order chi connectivity index (χ0) is 25.9. The summed E-state index contributed by atoms with van der Waals surface area (Å²) in [4.78, 5) is 40.6. The van der Waals surface area contributed by atoms with E-state index in [9.17, 15) is 14.4 Å². The first-order valence-corrected chi connectivity index (χ1v) is 11.7. The van der Waals surface area contributed by atoms with Crippen molar-refractivity contribution in [3.63, 3.8) is 0 Å². The monoisotopic (exact) mass is 499 g/mol. The van der Waals surface area contributed by atoms with Gasteiger partial charge >= 0.3 is 0 Å². The van der Waals surface area contributed by atoms with E-state index in [1.807, 2.05) is 27.7 Å². The van der Waals surface area contributed by atoms with Crippen LogP contribution in [0.2, 0.25) is 0 Å². The molecule has 0 aliphatic rings. The number of benzene rings is 1. The largest absolute Gasteiger partial charge is 0.492 e. The normalized spacial score (nSPS) is 12.1. The van der Waals surface area contributed by atoms with Crippen LogP contribution in [0.15, 0.2) is 40.8 Å². The summed E-state index contributed by atoms with van der Waals surface area (Å²) >= 11 is 0.727. The molecule has 0 aliphatic carbocycles. The molecule has 3 amide bonds. The molecule has 0 spiro atoms. The summed E-state index contributed by atoms with van der Waals surface area (Å²) in [6, 6.07) is 8.93. The van der Waals surface area contributed by atoms with Crippen LogP contribution in [0, 0.1) is 6.92 Å². The maximum atomic E-state index is 14.0. The number of rotatable bonds is 8. The molecule has 1 atom stereocenters. The Kier molecular flexibility index (Phi) is 7.49. The van der Waals surface area contributed by atoms with Crippen LogP contribution in [0.5, 0.6) is 5.75 Å². The molecular weight excluding hydrogens is 470 g/mol. The Balaban J connectivity index is 2.27. The van der Waals surface area contributed by atoms with E-state index in [0.29, 0.717) is 23.8 Å². The number of nitrogens with two attached hydrogens (primary N) is 2. The molecule has 0 aliphatic heterocycles. The van der Waals surface area contributed by atoms with Gasteiger partial charge in [-0.3, -0.25) is 19.3 Å². The van der Waals surface area contributed by atoms with Crippen LogP contribution in [-0.4, -0.2) is 34.2 Å². The quantitative estimate of drug-likeness (QED) is 0.429. The third-order valence-corrected chi connectivity index (χ3v) is 5.69. The number of nitrogen functional groups attached to an aromatic ring is 1. The molecule has 0 fully saturated rings. The van der Waals surface area contributed by atoms with Gasteiger partial charge in [0.05, 0.1) is 18.0 Å². The number of hydrogen-bond acceptors (Lipinski definition) is 8. The fourth-order valence-corrected chi connectivity index (χ4v) is 4.19. The van der Waals surface area contributed by atoms with Gasteiger partial charge in [0, 0.05) is 5.54 Å². The van der Waals surface area contributed by atoms with Gasteiger partial charge in [-0.2, -0.15) is 4.37 Å². The lowest BCUT2D eigenvalue weighted by Crippen LogP contribution is -2.49. The van der Waals surface area contributed by atoms with Crippen molar-refractivity contribution in [2.75, 3.05) is 17.2 Å². The van der Waals surface area contributed by atoms with E-state index >= 15 is 0 Å². The van der Waals surface area contributed by atoms with Crippen LogP contribution in [0.4, 0.5) is 11.4 Å². The van der Waals surface area contributed by atoms with Gasteiger partial charge in [0.15, 0.2) is 11.7 Å². The van der Waals surface area contributed by atoms with Crippen LogP contribution in [0.25, 0.3) is 0 Å². The summed E-state index contributed by atoms with van der Waals surface area (Å²) in [5.74, 6) is -0.830. The van der Waals surface area contributed by atoms with Gasteiger partial charge in [-0.1, -0.05) is 12.1 Å². The Hall–Kier alpha value is -3.86. The van der Waals surface area contributed by atoms with Crippen molar-refractivity contribution >= 4 is 40.6 Å². The highest BCUT2D eigenvalue weighted by Crippen LogP contribution is 2.38. The summed E-state index contributed by atoms with van der Waals surface area (Å²) in [6.45, 7) is 9.36. The van der Waals surface area contributed by atoms with E-state index in [1.165, 1.54) is 4.90 Å². The number of carbonyl (C=O) groups excluding carboxylic acids is 3. The minimum absolute atomic E-state index is 0.0399. The topological polar surface area (TPSA) is 154 Å². The van der Waals surface area contributed by atoms with Crippen LogP contribution >= 0.6 is 11.5 Å². The first-order chi connectivity index (χ1) is 16.4. The minimum atomic E-state index is -1.23. The number of carbonyl (C=O) groups is 3. The predicted molar refractivity (Wildman–Crippen MR) is 134 cm³/mol.